The molecule has 1 amide bonds. The molecule has 1 N–H and O–H groups in total. The Balaban J connectivity index is 1.77. The van der Waals surface area contributed by atoms with Crippen LogP contribution in [0.25, 0.3) is 0 Å². The fourth-order valence-electron chi connectivity index (χ4n) is 3.35. The fourth-order valence-corrected chi connectivity index (χ4v) is 5.27. The summed E-state index contributed by atoms with van der Waals surface area (Å²) in [7, 11) is -2.16. The molecule has 0 aliphatic carbocycles. The minimum atomic E-state index is -3.74. The Morgan fingerprint density at radius 1 is 1.18 bits per heavy atom. The molecule has 1 aliphatic rings. The maximum Gasteiger partial charge on any atom is 0.243 e. The van der Waals surface area contributed by atoms with Gasteiger partial charge < -0.3 is 10.1 Å². The lowest BCUT2D eigenvalue weighted by molar-refractivity contribution is -0.125. The van der Waals surface area contributed by atoms with Crippen LogP contribution in [0, 0.1) is 0 Å². The molecule has 6 nitrogen and oxygen atoms in total. The second-order valence-corrected chi connectivity index (χ2v) is 9.42. The molecule has 0 aromatic heterocycles. The minimum Gasteiger partial charge on any atom is -0.496 e. The van der Waals surface area contributed by atoms with Crippen molar-refractivity contribution in [1.82, 2.24) is 9.62 Å². The van der Waals surface area contributed by atoms with Gasteiger partial charge in [-0.15, -0.1) is 0 Å². The van der Waals surface area contributed by atoms with Crippen LogP contribution in [-0.2, 0) is 21.4 Å². The maximum absolute atomic E-state index is 13.1. The zero-order valence-corrected chi connectivity index (χ0v) is 18.0. The first-order chi connectivity index (χ1) is 13.4. The molecule has 0 spiro atoms. The van der Waals surface area contributed by atoms with Crippen molar-refractivity contribution in [2.75, 3.05) is 13.7 Å². The predicted molar refractivity (Wildman–Crippen MR) is 111 cm³/mol. The smallest absolute Gasteiger partial charge is 0.243 e. The Kier molecular flexibility index (Phi) is 6.74. The highest BCUT2D eigenvalue weighted by molar-refractivity contribution is 9.10. The molecule has 0 radical (unpaired) electrons. The second kappa shape index (κ2) is 9.07. The second-order valence-electron chi connectivity index (χ2n) is 6.61. The Morgan fingerprint density at radius 3 is 2.61 bits per heavy atom. The normalized spacial score (nSPS) is 17.9. The van der Waals surface area contributed by atoms with Crippen LogP contribution in [0.5, 0.6) is 5.75 Å². The quantitative estimate of drug-likeness (QED) is 0.708. The highest BCUT2D eigenvalue weighted by Gasteiger charge is 2.37. The van der Waals surface area contributed by atoms with Crippen LogP contribution in [-0.4, -0.2) is 38.3 Å². The monoisotopic (exact) mass is 466 g/mol. The van der Waals surface area contributed by atoms with Gasteiger partial charge in [0.25, 0.3) is 0 Å². The molecule has 2 aromatic carbocycles. The van der Waals surface area contributed by atoms with Crippen molar-refractivity contribution < 1.29 is 17.9 Å². The van der Waals surface area contributed by atoms with Gasteiger partial charge in [-0.25, -0.2) is 8.42 Å². The Hall–Kier alpha value is -1.90. The van der Waals surface area contributed by atoms with E-state index < -0.39 is 16.1 Å². The molecule has 3 rings (SSSR count). The van der Waals surface area contributed by atoms with Crippen molar-refractivity contribution in [3.05, 3.63) is 58.6 Å². The Bertz CT molecular complexity index is 931. The van der Waals surface area contributed by atoms with E-state index in [-0.39, 0.29) is 17.3 Å². The molecule has 1 saturated heterocycles. The Morgan fingerprint density at radius 2 is 1.89 bits per heavy atom. The lowest BCUT2D eigenvalue weighted by Gasteiger charge is -2.33. The molecule has 0 bridgehead atoms. The number of methoxy groups -OCH3 is 1. The third kappa shape index (κ3) is 4.56. The van der Waals surface area contributed by atoms with E-state index in [1.165, 1.54) is 4.31 Å². The molecule has 28 heavy (non-hydrogen) atoms. The average Bonchev–Trinajstić information content (AvgIpc) is 2.72. The van der Waals surface area contributed by atoms with Crippen molar-refractivity contribution in [3.63, 3.8) is 0 Å². The summed E-state index contributed by atoms with van der Waals surface area (Å²) in [5.41, 5.74) is 0.844. The van der Waals surface area contributed by atoms with Crippen molar-refractivity contribution in [3.8, 4) is 5.75 Å². The summed E-state index contributed by atoms with van der Waals surface area (Å²) in [6, 6.07) is 13.2. The van der Waals surface area contributed by atoms with E-state index in [9.17, 15) is 13.2 Å². The third-order valence-corrected chi connectivity index (χ3v) is 7.27. The lowest BCUT2D eigenvalue weighted by atomic mass is 10.0. The SMILES string of the molecule is COc1ccccc1CNC(=O)[C@H]1CCCCN1S(=O)(=O)c1ccc(Br)cc1. The molecule has 1 aliphatic heterocycles. The van der Waals surface area contributed by atoms with E-state index in [0.29, 0.717) is 18.7 Å². The number of amides is 1. The van der Waals surface area contributed by atoms with Crippen LogP contribution in [0.2, 0.25) is 0 Å². The van der Waals surface area contributed by atoms with E-state index in [2.05, 4.69) is 21.2 Å². The van der Waals surface area contributed by atoms with Gasteiger partial charge in [0.2, 0.25) is 15.9 Å². The molecule has 1 fully saturated rings. The van der Waals surface area contributed by atoms with Gasteiger partial charge in [0.15, 0.2) is 0 Å². The summed E-state index contributed by atoms with van der Waals surface area (Å²) < 4.78 is 33.6. The van der Waals surface area contributed by atoms with E-state index in [4.69, 9.17) is 4.74 Å². The summed E-state index contributed by atoms with van der Waals surface area (Å²) in [5, 5.41) is 2.87. The third-order valence-electron chi connectivity index (χ3n) is 4.82. The molecular weight excluding hydrogens is 444 g/mol. The number of para-hydroxylation sites is 1. The first-order valence-electron chi connectivity index (χ1n) is 9.10. The van der Waals surface area contributed by atoms with Crippen molar-refractivity contribution in [2.24, 2.45) is 0 Å². The highest BCUT2D eigenvalue weighted by atomic mass is 79.9. The van der Waals surface area contributed by atoms with Crippen LogP contribution in [0.15, 0.2) is 57.9 Å². The molecule has 0 unspecified atom stereocenters. The van der Waals surface area contributed by atoms with Gasteiger partial charge in [0.1, 0.15) is 11.8 Å². The number of nitrogens with one attached hydrogen (secondary N) is 1. The molecule has 1 atom stereocenters. The summed E-state index contributed by atoms with van der Waals surface area (Å²) in [6.45, 7) is 0.622. The molecule has 150 valence electrons. The van der Waals surface area contributed by atoms with Gasteiger partial charge in [-0.05, 0) is 43.2 Å². The molecule has 8 heteroatoms. The number of nitrogens with zero attached hydrogens (tertiary/aromatic N) is 1. The number of hydrogen-bond donors (Lipinski definition) is 1. The number of sulfonamides is 1. The first kappa shape index (κ1) is 20.8. The molecule has 0 saturated carbocycles. The van der Waals surface area contributed by atoms with Crippen LogP contribution < -0.4 is 10.1 Å². The summed E-state index contributed by atoms with van der Waals surface area (Å²) in [4.78, 5) is 13.0. The fraction of sp³-hybridized carbons (Fsp3) is 0.350. The number of piperidine rings is 1. The summed E-state index contributed by atoms with van der Waals surface area (Å²) >= 11 is 3.31. The predicted octanol–water partition coefficient (Wildman–Crippen LogP) is 3.32. The average molecular weight is 467 g/mol. The number of halogens is 1. The first-order valence-corrected chi connectivity index (χ1v) is 11.3. The van der Waals surface area contributed by atoms with Crippen LogP contribution in [0.4, 0.5) is 0 Å². The number of ether oxygens (including phenoxy) is 1. The van der Waals surface area contributed by atoms with Crippen LogP contribution in [0.3, 0.4) is 0 Å². The van der Waals surface area contributed by atoms with Crippen LogP contribution >= 0.6 is 15.9 Å². The van der Waals surface area contributed by atoms with Gasteiger partial charge in [-0.3, -0.25) is 4.79 Å². The van der Waals surface area contributed by atoms with Gasteiger partial charge >= 0.3 is 0 Å². The van der Waals surface area contributed by atoms with E-state index in [1.54, 1.807) is 31.4 Å². The number of carbonyl (C=O) groups is 1. The summed E-state index contributed by atoms with van der Waals surface area (Å²) in [6.07, 6.45) is 2.07. The van der Waals surface area contributed by atoms with Crippen LogP contribution in [0.1, 0.15) is 24.8 Å². The number of rotatable bonds is 6. The van der Waals surface area contributed by atoms with Crippen molar-refractivity contribution in [2.45, 2.75) is 36.7 Å². The van der Waals surface area contributed by atoms with Crippen molar-refractivity contribution >= 4 is 31.9 Å². The van der Waals surface area contributed by atoms with E-state index in [1.807, 2.05) is 24.3 Å². The molecule has 1 heterocycles. The topological polar surface area (TPSA) is 75.7 Å². The largest absolute Gasteiger partial charge is 0.496 e. The zero-order chi connectivity index (χ0) is 20.1. The van der Waals surface area contributed by atoms with E-state index >= 15 is 0 Å². The highest BCUT2D eigenvalue weighted by Crippen LogP contribution is 2.27. The Labute approximate surface area is 174 Å². The number of carbonyl (C=O) groups excluding carboxylic acids is 1. The standard InChI is InChI=1S/C20H23BrN2O4S/c1-27-19-8-3-2-6-15(19)14-22-20(24)18-7-4-5-13-23(18)28(25,26)17-11-9-16(21)10-12-17/h2-3,6,8-12,18H,4-5,7,13-14H2,1H3,(H,22,24)/t18-/m1/s1. The van der Waals surface area contributed by atoms with Crippen molar-refractivity contribution in [1.29, 1.82) is 0 Å². The minimum absolute atomic E-state index is 0.195. The van der Waals surface area contributed by atoms with Gasteiger partial charge in [-0.2, -0.15) is 4.31 Å². The zero-order valence-electron chi connectivity index (χ0n) is 15.6. The number of hydrogen-bond acceptors (Lipinski definition) is 4. The van der Waals surface area contributed by atoms with Gasteiger partial charge in [0, 0.05) is 23.1 Å². The van der Waals surface area contributed by atoms with E-state index in [0.717, 1.165) is 22.9 Å². The maximum atomic E-state index is 13.1. The van der Waals surface area contributed by atoms with Gasteiger partial charge in [-0.1, -0.05) is 40.5 Å². The number of benzene rings is 2. The summed E-state index contributed by atoms with van der Waals surface area (Å²) in [5.74, 6) is 0.400. The molecular formula is C20H23BrN2O4S. The van der Waals surface area contributed by atoms with Gasteiger partial charge in [0.05, 0.1) is 12.0 Å². The lowest BCUT2D eigenvalue weighted by Crippen LogP contribution is -2.51. The molecule has 2 aromatic rings.